The van der Waals surface area contributed by atoms with E-state index in [0.717, 1.165) is 43.8 Å². The molecule has 0 saturated carbocycles. The molecular weight excluding hydrogens is 368 g/mol. The number of carbonyl (C=O) groups excluding carboxylic acids is 2. The summed E-state index contributed by atoms with van der Waals surface area (Å²) in [5, 5.41) is 0. The number of esters is 1. The summed E-state index contributed by atoms with van der Waals surface area (Å²) in [6.45, 7) is 10.8. The van der Waals surface area contributed by atoms with Crippen molar-refractivity contribution in [2.45, 2.75) is 31.3 Å². The van der Waals surface area contributed by atoms with Gasteiger partial charge in [0.1, 0.15) is 12.4 Å². The first-order valence-electron chi connectivity index (χ1n) is 10.1. The van der Waals surface area contributed by atoms with E-state index in [2.05, 4.69) is 24.1 Å². The van der Waals surface area contributed by atoms with Gasteiger partial charge in [0.15, 0.2) is 0 Å². The minimum atomic E-state index is -0.478. The Morgan fingerprint density at radius 1 is 1.24 bits per heavy atom. The highest BCUT2D eigenvalue weighted by atomic mass is 16.5. The minimum Gasteiger partial charge on any atom is -0.489 e. The molecule has 156 valence electrons. The molecule has 6 heteroatoms. The summed E-state index contributed by atoms with van der Waals surface area (Å²) in [5.74, 6) is 0.174. The normalized spacial score (nSPS) is 21.2. The fourth-order valence-electron chi connectivity index (χ4n) is 4.65. The second kappa shape index (κ2) is 9.27. The number of hydrogen-bond donors (Lipinski definition) is 0. The molecule has 2 fully saturated rings. The Labute approximate surface area is 172 Å². The minimum absolute atomic E-state index is 0.0110. The van der Waals surface area contributed by atoms with Crippen LogP contribution in [0.1, 0.15) is 24.8 Å². The van der Waals surface area contributed by atoms with Crippen molar-refractivity contribution in [3.63, 3.8) is 0 Å². The topological polar surface area (TPSA) is 59.1 Å². The van der Waals surface area contributed by atoms with Crippen LogP contribution in [0.3, 0.4) is 0 Å². The van der Waals surface area contributed by atoms with E-state index in [1.807, 2.05) is 23.1 Å². The van der Waals surface area contributed by atoms with Crippen molar-refractivity contribution in [3.8, 4) is 5.75 Å². The van der Waals surface area contributed by atoms with Gasteiger partial charge >= 0.3 is 5.97 Å². The third-order valence-corrected chi connectivity index (χ3v) is 6.11. The van der Waals surface area contributed by atoms with Gasteiger partial charge in [-0.25, -0.2) is 0 Å². The summed E-state index contributed by atoms with van der Waals surface area (Å²) in [5.41, 5.74) is 0.647. The molecule has 1 aromatic carbocycles. The zero-order valence-corrected chi connectivity index (χ0v) is 17.1. The largest absolute Gasteiger partial charge is 0.489 e. The predicted molar refractivity (Wildman–Crippen MR) is 111 cm³/mol. The van der Waals surface area contributed by atoms with Gasteiger partial charge in [-0.15, -0.1) is 6.58 Å². The van der Waals surface area contributed by atoms with Crippen molar-refractivity contribution in [1.82, 2.24) is 9.80 Å². The Hall–Kier alpha value is -2.60. The third-order valence-electron chi connectivity index (χ3n) is 6.11. The van der Waals surface area contributed by atoms with Gasteiger partial charge in [0, 0.05) is 38.2 Å². The molecule has 0 radical (unpaired) electrons. The molecule has 29 heavy (non-hydrogen) atoms. The molecule has 1 aromatic rings. The molecule has 0 N–H and O–H groups in total. The predicted octanol–water partition coefficient (Wildman–Crippen LogP) is 2.79. The molecule has 6 nitrogen and oxygen atoms in total. The summed E-state index contributed by atoms with van der Waals surface area (Å²) >= 11 is 0. The Morgan fingerprint density at radius 2 is 1.97 bits per heavy atom. The Morgan fingerprint density at radius 3 is 2.62 bits per heavy atom. The summed E-state index contributed by atoms with van der Waals surface area (Å²) < 4.78 is 10.8. The average molecular weight is 399 g/mol. The summed E-state index contributed by atoms with van der Waals surface area (Å²) in [4.78, 5) is 29.3. The summed E-state index contributed by atoms with van der Waals surface area (Å²) in [6.07, 6.45) is 5.17. The van der Waals surface area contributed by atoms with Crippen LogP contribution in [0.25, 0.3) is 0 Å². The molecule has 1 unspecified atom stereocenters. The van der Waals surface area contributed by atoms with Crippen molar-refractivity contribution in [3.05, 3.63) is 55.1 Å². The number of methoxy groups -OCH3 is 1. The van der Waals surface area contributed by atoms with Crippen LogP contribution in [-0.2, 0) is 20.9 Å². The van der Waals surface area contributed by atoms with Gasteiger partial charge in [-0.3, -0.25) is 14.5 Å². The fraction of sp³-hybridized carbons (Fsp3) is 0.478. The number of nitrogens with zero attached hydrogens (tertiary/aromatic N) is 2. The van der Waals surface area contributed by atoms with E-state index in [4.69, 9.17) is 9.47 Å². The average Bonchev–Trinajstić information content (AvgIpc) is 3.00. The number of amides is 1. The van der Waals surface area contributed by atoms with Crippen molar-refractivity contribution in [2.75, 3.05) is 33.4 Å². The number of rotatable bonds is 8. The van der Waals surface area contributed by atoms with Crippen LogP contribution in [-0.4, -0.2) is 60.6 Å². The van der Waals surface area contributed by atoms with E-state index in [1.54, 1.807) is 12.2 Å². The molecule has 2 heterocycles. The molecule has 2 aliphatic heterocycles. The lowest BCUT2D eigenvalue weighted by Gasteiger charge is -2.47. The van der Waals surface area contributed by atoms with Crippen LogP contribution in [0.5, 0.6) is 5.75 Å². The number of ether oxygens (including phenoxy) is 2. The van der Waals surface area contributed by atoms with Gasteiger partial charge in [0.05, 0.1) is 18.6 Å². The highest BCUT2D eigenvalue weighted by Gasteiger charge is 2.56. The second-order valence-corrected chi connectivity index (χ2v) is 7.66. The molecule has 2 aliphatic rings. The number of para-hydroxylation sites is 1. The van der Waals surface area contributed by atoms with Crippen molar-refractivity contribution in [2.24, 2.45) is 5.92 Å². The van der Waals surface area contributed by atoms with Crippen LogP contribution in [0.4, 0.5) is 0 Å². The number of hydrogen-bond acceptors (Lipinski definition) is 5. The Kier molecular flexibility index (Phi) is 6.75. The van der Waals surface area contributed by atoms with Gasteiger partial charge in [-0.2, -0.15) is 0 Å². The smallest absolute Gasteiger partial charge is 0.311 e. The van der Waals surface area contributed by atoms with Crippen LogP contribution < -0.4 is 4.74 Å². The lowest BCUT2D eigenvalue weighted by Crippen LogP contribution is -2.57. The highest BCUT2D eigenvalue weighted by molar-refractivity contribution is 5.89. The van der Waals surface area contributed by atoms with Crippen LogP contribution >= 0.6 is 0 Å². The zero-order valence-electron chi connectivity index (χ0n) is 17.1. The maximum Gasteiger partial charge on any atom is 0.311 e. The monoisotopic (exact) mass is 398 g/mol. The highest BCUT2D eigenvalue weighted by Crippen LogP contribution is 2.44. The van der Waals surface area contributed by atoms with E-state index in [0.29, 0.717) is 13.2 Å². The maximum absolute atomic E-state index is 12.6. The van der Waals surface area contributed by atoms with E-state index >= 15 is 0 Å². The molecule has 3 rings (SSSR count). The summed E-state index contributed by atoms with van der Waals surface area (Å²) in [7, 11) is 1.39. The van der Waals surface area contributed by atoms with Gasteiger partial charge in [-0.1, -0.05) is 36.9 Å². The Bertz CT molecular complexity index is 768. The van der Waals surface area contributed by atoms with E-state index in [9.17, 15) is 9.59 Å². The van der Waals surface area contributed by atoms with E-state index < -0.39 is 11.5 Å². The van der Waals surface area contributed by atoms with Crippen LogP contribution in [0, 0.1) is 5.92 Å². The third kappa shape index (κ3) is 4.22. The first-order valence-corrected chi connectivity index (χ1v) is 10.1. The van der Waals surface area contributed by atoms with Crippen LogP contribution in [0.15, 0.2) is 49.6 Å². The molecule has 0 aliphatic carbocycles. The van der Waals surface area contributed by atoms with E-state index in [1.165, 1.54) is 7.11 Å². The molecule has 1 spiro atoms. The number of likely N-dealkylation sites (tertiary alicyclic amines) is 2. The number of benzene rings is 1. The lowest BCUT2D eigenvalue weighted by molar-refractivity contribution is -0.150. The maximum atomic E-state index is 12.6. The number of piperidine rings is 1. The molecule has 2 saturated heterocycles. The van der Waals surface area contributed by atoms with Crippen molar-refractivity contribution in [1.29, 1.82) is 0 Å². The van der Waals surface area contributed by atoms with Crippen LogP contribution in [0.2, 0.25) is 0 Å². The number of carbonyl (C=O) groups is 2. The SMILES string of the molecule is C=CCOc1ccccc1CN1CCC2(CC1)C(C(=O)OC)CC(=O)N2CC=C. The second-order valence-electron chi connectivity index (χ2n) is 7.66. The Balaban J connectivity index is 1.74. The fourth-order valence-corrected chi connectivity index (χ4v) is 4.65. The molecule has 0 bridgehead atoms. The van der Waals surface area contributed by atoms with Gasteiger partial charge < -0.3 is 14.4 Å². The first-order chi connectivity index (χ1) is 14.1. The van der Waals surface area contributed by atoms with Gasteiger partial charge in [0.25, 0.3) is 0 Å². The van der Waals surface area contributed by atoms with Gasteiger partial charge in [-0.05, 0) is 18.9 Å². The standard InChI is InChI=1S/C23H30N2O4/c1-4-12-25-21(26)16-19(22(27)28-3)23(25)10-13-24(14-11-23)17-18-8-6-7-9-20(18)29-15-5-2/h4-9,19H,1-2,10-17H2,3H3. The molecule has 1 amide bonds. The van der Waals surface area contributed by atoms with E-state index in [-0.39, 0.29) is 18.3 Å². The van der Waals surface area contributed by atoms with Crippen molar-refractivity contribution < 1.29 is 19.1 Å². The summed E-state index contributed by atoms with van der Waals surface area (Å²) in [6, 6.07) is 8.02. The quantitative estimate of drug-likeness (QED) is 0.498. The first kappa shape index (κ1) is 21.1. The lowest BCUT2D eigenvalue weighted by atomic mass is 9.76. The van der Waals surface area contributed by atoms with Gasteiger partial charge in [0.2, 0.25) is 5.91 Å². The molecule has 0 aromatic heterocycles. The zero-order chi connectivity index (χ0) is 20.9. The van der Waals surface area contributed by atoms with Crippen molar-refractivity contribution >= 4 is 11.9 Å². The molecule has 1 atom stereocenters. The molecular formula is C23H30N2O4.